The molecule has 0 radical (unpaired) electrons. The van der Waals surface area contributed by atoms with Crippen molar-refractivity contribution in [3.8, 4) is 11.6 Å². The summed E-state index contributed by atoms with van der Waals surface area (Å²) < 4.78 is 30.7. The summed E-state index contributed by atoms with van der Waals surface area (Å²) in [5.41, 5.74) is 0. The number of ether oxygens (including phenoxy) is 1. The molecule has 0 aliphatic carbocycles. The van der Waals surface area contributed by atoms with Crippen LogP contribution in [0.4, 0.5) is 8.78 Å². The highest BCUT2D eigenvalue weighted by atomic mass is 19.1. The molecule has 15 heavy (non-hydrogen) atoms. The van der Waals surface area contributed by atoms with Crippen LogP contribution in [0.3, 0.4) is 0 Å². The van der Waals surface area contributed by atoms with Crippen LogP contribution in [-0.4, -0.2) is 9.97 Å². The zero-order valence-electron chi connectivity index (χ0n) is 7.52. The number of nitrogens with zero attached hydrogens (tertiary/aromatic N) is 2. The quantitative estimate of drug-likeness (QED) is 0.760. The number of rotatable bonds is 2. The van der Waals surface area contributed by atoms with Gasteiger partial charge in [-0.2, -0.15) is 0 Å². The van der Waals surface area contributed by atoms with E-state index in [1.54, 1.807) is 0 Å². The van der Waals surface area contributed by atoms with Gasteiger partial charge >= 0.3 is 0 Å². The first-order chi connectivity index (χ1) is 7.25. The molecule has 2 rings (SSSR count). The van der Waals surface area contributed by atoms with Crippen LogP contribution < -0.4 is 4.74 Å². The van der Waals surface area contributed by atoms with E-state index in [1.165, 1.54) is 24.7 Å². The van der Waals surface area contributed by atoms with Gasteiger partial charge in [0.1, 0.15) is 5.82 Å². The Morgan fingerprint density at radius 2 is 2.00 bits per heavy atom. The van der Waals surface area contributed by atoms with E-state index in [2.05, 4.69) is 9.97 Å². The summed E-state index contributed by atoms with van der Waals surface area (Å²) in [6, 6.07) is 3.04. The van der Waals surface area contributed by atoms with Gasteiger partial charge in [-0.3, -0.25) is 4.98 Å². The highest BCUT2D eigenvalue weighted by Crippen LogP contribution is 2.22. The smallest absolute Gasteiger partial charge is 0.237 e. The second-order valence-electron chi connectivity index (χ2n) is 2.72. The van der Waals surface area contributed by atoms with Gasteiger partial charge < -0.3 is 4.74 Å². The molecular formula is C10H6F2N2O. The van der Waals surface area contributed by atoms with Crippen molar-refractivity contribution in [1.29, 1.82) is 0 Å². The maximum absolute atomic E-state index is 13.1. The summed E-state index contributed by atoms with van der Waals surface area (Å²) in [6.07, 6.45) is 4.22. The lowest BCUT2D eigenvalue weighted by Gasteiger charge is -2.04. The standard InChI is InChI=1S/C10H6F2N2O/c11-7-1-2-9(8(12)5-7)15-10-6-13-3-4-14-10/h1-6H. The van der Waals surface area contributed by atoms with E-state index in [0.717, 1.165) is 12.1 Å². The number of aromatic nitrogens is 2. The van der Waals surface area contributed by atoms with Crippen molar-refractivity contribution < 1.29 is 13.5 Å². The summed E-state index contributed by atoms with van der Waals surface area (Å²) in [6.45, 7) is 0. The van der Waals surface area contributed by atoms with Gasteiger partial charge in [0.05, 0.1) is 6.20 Å². The molecular weight excluding hydrogens is 202 g/mol. The first kappa shape index (κ1) is 9.51. The summed E-state index contributed by atoms with van der Waals surface area (Å²) in [7, 11) is 0. The average Bonchev–Trinajstić information content (AvgIpc) is 2.24. The van der Waals surface area contributed by atoms with Gasteiger partial charge in [-0.15, -0.1) is 0 Å². The third kappa shape index (κ3) is 2.25. The Bertz CT molecular complexity index is 462. The van der Waals surface area contributed by atoms with Crippen LogP contribution in [0.5, 0.6) is 11.6 Å². The molecule has 1 heterocycles. The largest absolute Gasteiger partial charge is 0.434 e. The Balaban J connectivity index is 2.25. The average molecular weight is 208 g/mol. The summed E-state index contributed by atoms with van der Waals surface area (Å²) in [5.74, 6) is -1.36. The van der Waals surface area contributed by atoms with Crippen LogP contribution in [0, 0.1) is 11.6 Å². The van der Waals surface area contributed by atoms with Gasteiger partial charge in [0.25, 0.3) is 0 Å². The van der Waals surface area contributed by atoms with Gasteiger partial charge in [-0.05, 0) is 12.1 Å². The molecule has 0 saturated heterocycles. The maximum Gasteiger partial charge on any atom is 0.237 e. The lowest BCUT2D eigenvalue weighted by Crippen LogP contribution is -1.91. The monoisotopic (exact) mass is 208 g/mol. The summed E-state index contributed by atoms with van der Waals surface area (Å²) in [5, 5.41) is 0. The molecule has 0 amide bonds. The summed E-state index contributed by atoms with van der Waals surface area (Å²) >= 11 is 0. The van der Waals surface area contributed by atoms with Crippen LogP contribution >= 0.6 is 0 Å². The van der Waals surface area contributed by atoms with Gasteiger partial charge in [-0.25, -0.2) is 13.8 Å². The van der Waals surface area contributed by atoms with Crippen molar-refractivity contribution in [2.45, 2.75) is 0 Å². The Kier molecular flexibility index (Phi) is 2.53. The first-order valence-electron chi connectivity index (χ1n) is 4.14. The normalized spacial score (nSPS) is 10.0. The predicted octanol–water partition coefficient (Wildman–Crippen LogP) is 2.55. The fraction of sp³-hybridized carbons (Fsp3) is 0. The molecule has 0 aliphatic rings. The Morgan fingerprint density at radius 1 is 1.13 bits per heavy atom. The summed E-state index contributed by atoms with van der Waals surface area (Å²) in [4.78, 5) is 7.54. The Labute approximate surface area is 84.4 Å². The number of halogens is 2. The van der Waals surface area contributed by atoms with Gasteiger partial charge in [-0.1, -0.05) is 0 Å². The molecule has 3 nitrogen and oxygen atoms in total. The van der Waals surface area contributed by atoms with E-state index in [0.29, 0.717) is 0 Å². The zero-order valence-corrected chi connectivity index (χ0v) is 7.52. The third-order valence-corrected chi connectivity index (χ3v) is 1.65. The van der Waals surface area contributed by atoms with E-state index in [-0.39, 0.29) is 11.6 Å². The number of benzene rings is 1. The maximum atomic E-state index is 13.1. The molecule has 5 heteroatoms. The minimum atomic E-state index is -0.777. The fourth-order valence-electron chi connectivity index (χ4n) is 1.01. The number of hydrogen-bond donors (Lipinski definition) is 0. The van der Waals surface area contributed by atoms with Crippen molar-refractivity contribution in [3.63, 3.8) is 0 Å². The molecule has 1 aromatic heterocycles. The van der Waals surface area contributed by atoms with Crippen molar-refractivity contribution in [3.05, 3.63) is 48.4 Å². The van der Waals surface area contributed by atoms with Gasteiger partial charge in [0, 0.05) is 18.5 Å². The van der Waals surface area contributed by atoms with Gasteiger partial charge in [0.2, 0.25) is 5.88 Å². The van der Waals surface area contributed by atoms with Crippen molar-refractivity contribution in [2.24, 2.45) is 0 Å². The Morgan fingerprint density at radius 3 is 2.67 bits per heavy atom. The van der Waals surface area contributed by atoms with Crippen molar-refractivity contribution >= 4 is 0 Å². The molecule has 2 aromatic rings. The van der Waals surface area contributed by atoms with E-state index in [1.807, 2.05) is 0 Å². The SMILES string of the molecule is Fc1ccc(Oc2cnccn2)c(F)c1. The topological polar surface area (TPSA) is 35.0 Å². The molecule has 0 bridgehead atoms. The molecule has 0 fully saturated rings. The minimum absolute atomic E-state index is 0.0862. The van der Waals surface area contributed by atoms with E-state index >= 15 is 0 Å². The van der Waals surface area contributed by atoms with Crippen LogP contribution in [0.1, 0.15) is 0 Å². The lowest BCUT2D eigenvalue weighted by atomic mass is 10.3. The van der Waals surface area contributed by atoms with Crippen LogP contribution in [0.2, 0.25) is 0 Å². The predicted molar refractivity (Wildman–Crippen MR) is 48.5 cm³/mol. The molecule has 0 saturated carbocycles. The molecule has 0 N–H and O–H groups in total. The van der Waals surface area contributed by atoms with E-state index < -0.39 is 11.6 Å². The minimum Gasteiger partial charge on any atom is -0.434 e. The molecule has 0 unspecified atom stereocenters. The second kappa shape index (κ2) is 4.00. The fourth-order valence-corrected chi connectivity index (χ4v) is 1.01. The highest BCUT2D eigenvalue weighted by molar-refractivity contribution is 5.28. The molecule has 1 aromatic carbocycles. The zero-order chi connectivity index (χ0) is 10.7. The lowest BCUT2D eigenvalue weighted by molar-refractivity contribution is 0.422. The molecule has 0 atom stereocenters. The van der Waals surface area contributed by atoms with E-state index in [4.69, 9.17) is 4.74 Å². The molecule has 0 spiro atoms. The Hall–Kier alpha value is -2.04. The second-order valence-corrected chi connectivity index (χ2v) is 2.72. The van der Waals surface area contributed by atoms with Crippen molar-refractivity contribution in [2.75, 3.05) is 0 Å². The third-order valence-electron chi connectivity index (χ3n) is 1.65. The van der Waals surface area contributed by atoms with Gasteiger partial charge in [0.15, 0.2) is 11.6 Å². The molecule has 0 aliphatic heterocycles. The molecule has 76 valence electrons. The van der Waals surface area contributed by atoms with Crippen LogP contribution in [-0.2, 0) is 0 Å². The van der Waals surface area contributed by atoms with Crippen LogP contribution in [0.15, 0.2) is 36.8 Å². The highest BCUT2D eigenvalue weighted by Gasteiger charge is 2.06. The first-order valence-corrected chi connectivity index (χ1v) is 4.14. The van der Waals surface area contributed by atoms with E-state index in [9.17, 15) is 8.78 Å². The number of hydrogen-bond acceptors (Lipinski definition) is 3. The van der Waals surface area contributed by atoms with Crippen molar-refractivity contribution in [1.82, 2.24) is 9.97 Å². The van der Waals surface area contributed by atoms with Crippen LogP contribution in [0.25, 0.3) is 0 Å².